The quantitative estimate of drug-likeness (QED) is 0.775. The standard InChI is InChI=1S/C19H20N2O5/c1-12-2-8-16(26-12)18(23)21-15-6-4-14(5-7-15)20-17(22)9-3-13-10-11-25-19(13)24/h2,4-8,13H,3,9-11H2,1H3,(H,20,22)(H,21,23). The molecular weight excluding hydrogens is 336 g/mol. The maximum Gasteiger partial charge on any atom is 0.309 e. The summed E-state index contributed by atoms with van der Waals surface area (Å²) in [7, 11) is 0. The maximum atomic E-state index is 12.0. The maximum absolute atomic E-state index is 12.0. The van der Waals surface area contributed by atoms with Crippen molar-refractivity contribution in [2.45, 2.75) is 26.2 Å². The number of esters is 1. The number of cyclic esters (lactones) is 1. The zero-order valence-corrected chi connectivity index (χ0v) is 14.4. The number of anilines is 2. The van der Waals surface area contributed by atoms with E-state index in [1.165, 1.54) is 0 Å². The molecule has 2 N–H and O–H groups in total. The number of hydrogen-bond donors (Lipinski definition) is 2. The molecule has 3 rings (SSSR count). The Hall–Kier alpha value is -3.09. The van der Waals surface area contributed by atoms with Gasteiger partial charge in [0.1, 0.15) is 5.76 Å². The van der Waals surface area contributed by atoms with Gasteiger partial charge in [0.05, 0.1) is 12.5 Å². The number of carbonyl (C=O) groups excluding carboxylic acids is 3. The Morgan fingerprint density at radius 2 is 1.77 bits per heavy atom. The number of nitrogens with one attached hydrogen (secondary N) is 2. The fourth-order valence-electron chi connectivity index (χ4n) is 2.71. The molecule has 26 heavy (non-hydrogen) atoms. The number of ether oxygens (including phenoxy) is 1. The van der Waals surface area contributed by atoms with Gasteiger partial charge in [-0.25, -0.2) is 0 Å². The van der Waals surface area contributed by atoms with Gasteiger partial charge in [0.15, 0.2) is 5.76 Å². The summed E-state index contributed by atoms with van der Waals surface area (Å²) >= 11 is 0. The Labute approximate surface area is 150 Å². The predicted molar refractivity (Wildman–Crippen MR) is 94.8 cm³/mol. The van der Waals surface area contributed by atoms with Gasteiger partial charge in [-0.15, -0.1) is 0 Å². The van der Waals surface area contributed by atoms with E-state index in [9.17, 15) is 14.4 Å². The number of hydrogen-bond acceptors (Lipinski definition) is 5. The van der Waals surface area contributed by atoms with Gasteiger partial charge in [0.25, 0.3) is 5.91 Å². The van der Waals surface area contributed by atoms with Crippen molar-refractivity contribution in [3.8, 4) is 0 Å². The largest absolute Gasteiger partial charge is 0.465 e. The van der Waals surface area contributed by atoms with Crippen molar-refractivity contribution in [1.82, 2.24) is 0 Å². The normalized spacial score (nSPS) is 16.2. The first-order valence-electron chi connectivity index (χ1n) is 8.45. The van der Waals surface area contributed by atoms with Crippen LogP contribution in [0.4, 0.5) is 11.4 Å². The molecular formula is C19H20N2O5. The Kier molecular flexibility index (Phi) is 5.36. The van der Waals surface area contributed by atoms with Crippen LogP contribution in [0.25, 0.3) is 0 Å². The average Bonchev–Trinajstić information content (AvgIpc) is 3.23. The van der Waals surface area contributed by atoms with Crippen molar-refractivity contribution in [2.75, 3.05) is 17.2 Å². The second kappa shape index (κ2) is 7.86. The van der Waals surface area contributed by atoms with Gasteiger partial charge in [-0.05, 0) is 56.2 Å². The van der Waals surface area contributed by atoms with Gasteiger partial charge < -0.3 is 19.8 Å². The van der Waals surface area contributed by atoms with Crippen LogP contribution in [-0.4, -0.2) is 24.4 Å². The molecule has 1 fully saturated rings. The Balaban J connectivity index is 1.48. The molecule has 0 aliphatic carbocycles. The average molecular weight is 356 g/mol. The number of benzene rings is 1. The van der Waals surface area contributed by atoms with E-state index in [0.717, 1.165) is 0 Å². The van der Waals surface area contributed by atoms with E-state index in [1.54, 1.807) is 43.3 Å². The third-order valence-electron chi connectivity index (χ3n) is 4.15. The van der Waals surface area contributed by atoms with Gasteiger partial charge in [-0.1, -0.05) is 0 Å². The van der Waals surface area contributed by atoms with Crippen molar-refractivity contribution in [3.63, 3.8) is 0 Å². The summed E-state index contributed by atoms with van der Waals surface area (Å²) in [6.07, 6.45) is 1.42. The molecule has 136 valence electrons. The van der Waals surface area contributed by atoms with Crippen LogP contribution in [0.2, 0.25) is 0 Å². The monoisotopic (exact) mass is 356 g/mol. The molecule has 2 heterocycles. The van der Waals surface area contributed by atoms with Crippen molar-refractivity contribution in [3.05, 3.63) is 47.9 Å². The van der Waals surface area contributed by atoms with Crippen LogP contribution in [0, 0.1) is 12.8 Å². The van der Waals surface area contributed by atoms with E-state index in [1.807, 2.05) is 0 Å². The van der Waals surface area contributed by atoms with Crippen molar-refractivity contribution in [1.29, 1.82) is 0 Å². The van der Waals surface area contributed by atoms with Crippen LogP contribution in [-0.2, 0) is 14.3 Å². The highest BCUT2D eigenvalue weighted by molar-refractivity contribution is 6.02. The minimum absolute atomic E-state index is 0.160. The van der Waals surface area contributed by atoms with E-state index < -0.39 is 0 Å². The van der Waals surface area contributed by atoms with Crippen LogP contribution >= 0.6 is 0 Å². The van der Waals surface area contributed by atoms with Gasteiger partial charge in [-0.3, -0.25) is 14.4 Å². The molecule has 0 radical (unpaired) electrons. The summed E-state index contributed by atoms with van der Waals surface area (Å²) in [5, 5.41) is 5.50. The van der Waals surface area contributed by atoms with Gasteiger partial charge in [0.2, 0.25) is 5.91 Å². The first-order valence-corrected chi connectivity index (χ1v) is 8.45. The molecule has 1 unspecified atom stereocenters. The molecule has 7 heteroatoms. The topological polar surface area (TPSA) is 97.6 Å². The third kappa shape index (κ3) is 4.50. The minimum Gasteiger partial charge on any atom is -0.465 e. The molecule has 2 aromatic rings. The van der Waals surface area contributed by atoms with Crippen LogP contribution in [0.5, 0.6) is 0 Å². The highest BCUT2D eigenvalue weighted by Crippen LogP contribution is 2.20. The number of amides is 2. The summed E-state index contributed by atoms with van der Waals surface area (Å²) in [5.74, 6) is 0.0171. The lowest BCUT2D eigenvalue weighted by atomic mass is 10.0. The summed E-state index contributed by atoms with van der Waals surface area (Å²) in [6, 6.07) is 10.1. The Bertz CT molecular complexity index is 810. The first-order chi connectivity index (χ1) is 12.5. The zero-order chi connectivity index (χ0) is 18.5. The second-order valence-electron chi connectivity index (χ2n) is 6.18. The summed E-state index contributed by atoms with van der Waals surface area (Å²) in [5.41, 5.74) is 1.21. The molecule has 1 aromatic carbocycles. The fourth-order valence-corrected chi connectivity index (χ4v) is 2.71. The van der Waals surface area contributed by atoms with Crippen molar-refractivity contribution in [2.24, 2.45) is 5.92 Å². The molecule has 0 spiro atoms. The van der Waals surface area contributed by atoms with E-state index in [-0.39, 0.29) is 35.9 Å². The molecule has 0 bridgehead atoms. The lowest BCUT2D eigenvalue weighted by molar-refractivity contribution is -0.141. The predicted octanol–water partition coefficient (Wildman–Crippen LogP) is 3.12. The lowest BCUT2D eigenvalue weighted by Crippen LogP contribution is -2.15. The van der Waals surface area contributed by atoms with Crippen LogP contribution in [0.1, 0.15) is 35.6 Å². The van der Waals surface area contributed by atoms with Gasteiger partial charge >= 0.3 is 5.97 Å². The lowest BCUT2D eigenvalue weighted by Gasteiger charge is -2.08. The van der Waals surface area contributed by atoms with Crippen molar-refractivity contribution >= 4 is 29.2 Å². The third-order valence-corrected chi connectivity index (χ3v) is 4.15. The molecule has 0 saturated carbocycles. The van der Waals surface area contributed by atoms with Crippen LogP contribution < -0.4 is 10.6 Å². The van der Waals surface area contributed by atoms with E-state index in [2.05, 4.69) is 10.6 Å². The van der Waals surface area contributed by atoms with Crippen LogP contribution in [0.3, 0.4) is 0 Å². The Morgan fingerprint density at radius 1 is 1.08 bits per heavy atom. The number of furan rings is 1. The van der Waals surface area contributed by atoms with Crippen LogP contribution in [0.15, 0.2) is 40.8 Å². The zero-order valence-electron chi connectivity index (χ0n) is 14.4. The molecule has 1 aliphatic rings. The van der Waals surface area contributed by atoms with E-state index in [4.69, 9.17) is 9.15 Å². The summed E-state index contributed by atoms with van der Waals surface area (Å²) in [6.45, 7) is 2.21. The number of carbonyl (C=O) groups is 3. The molecule has 1 atom stereocenters. The molecule has 1 aromatic heterocycles. The fraction of sp³-hybridized carbons (Fsp3) is 0.316. The van der Waals surface area contributed by atoms with Gasteiger partial charge in [0, 0.05) is 17.8 Å². The smallest absolute Gasteiger partial charge is 0.309 e. The Morgan fingerprint density at radius 3 is 2.35 bits per heavy atom. The second-order valence-corrected chi connectivity index (χ2v) is 6.18. The molecule has 7 nitrogen and oxygen atoms in total. The summed E-state index contributed by atoms with van der Waals surface area (Å²) < 4.78 is 10.2. The molecule has 1 saturated heterocycles. The highest BCUT2D eigenvalue weighted by Gasteiger charge is 2.26. The number of aryl methyl sites for hydroxylation is 1. The van der Waals surface area contributed by atoms with E-state index >= 15 is 0 Å². The number of rotatable bonds is 6. The van der Waals surface area contributed by atoms with Gasteiger partial charge in [-0.2, -0.15) is 0 Å². The first kappa shape index (κ1) is 17.7. The van der Waals surface area contributed by atoms with Crippen molar-refractivity contribution < 1.29 is 23.5 Å². The summed E-state index contributed by atoms with van der Waals surface area (Å²) in [4.78, 5) is 35.4. The highest BCUT2D eigenvalue weighted by atomic mass is 16.5. The molecule has 2 amide bonds. The minimum atomic E-state index is -0.335. The molecule has 1 aliphatic heterocycles. The SMILES string of the molecule is Cc1ccc(C(=O)Nc2ccc(NC(=O)CCC3CCOC3=O)cc2)o1. The van der Waals surface area contributed by atoms with E-state index in [0.29, 0.717) is 36.6 Å².